The summed E-state index contributed by atoms with van der Waals surface area (Å²) in [5.41, 5.74) is 6.98. The highest BCUT2D eigenvalue weighted by molar-refractivity contribution is 7.92. The lowest BCUT2D eigenvalue weighted by atomic mass is 10.2. The average Bonchev–Trinajstić information content (AvgIpc) is 2.44. The van der Waals surface area contributed by atoms with Gasteiger partial charge in [-0.1, -0.05) is 26.0 Å². The Labute approximate surface area is 126 Å². The van der Waals surface area contributed by atoms with Crippen molar-refractivity contribution >= 4 is 21.4 Å². The minimum atomic E-state index is -3.43. The number of carbonyl (C=O) groups is 1. The fourth-order valence-corrected chi connectivity index (χ4v) is 3.30. The minimum Gasteiger partial charge on any atom is -0.326 e. The van der Waals surface area contributed by atoms with Crippen LogP contribution in [0.25, 0.3) is 0 Å². The van der Waals surface area contributed by atoms with E-state index in [2.05, 4.69) is 5.32 Å². The Hall–Kier alpha value is -1.40. The number of sulfone groups is 1. The molecule has 1 atom stereocenters. The molecule has 1 unspecified atom stereocenters. The first-order valence-corrected chi connectivity index (χ1v) is 8.79. The number of hydrogen-bond acceptors (Lipinski definition) is 4. The van der Waals surface area contributed by atoms with Crippen LogP contribution < -0.4 is 11.1 Å². The van der Waals surface area contributed by atoms with Gasteiger partial charge in [0.1, 0.15) is 5.25 Å². The SMILES string of the molecule is CC(C)CCS(=O)(=O)C(C)C(=O)Nc1cccc(CN)c1. The highest BCUT2D eigenvalue weighted by Crippen LogP contribution is 2.14. The van der Waals surface area contributed by atoms with Crippen LogP contribution in [-0.2, 0) is 21.2 Å². The third-order valence-electron chi connectivity index (χ3n) is 3.32. The molecule has 1 amide bonds. The molecule has 0 fully saturated rings. The Morgan fingerprint density at radius 1 is 1.29 bits per heavy atom. The summed E-state index contributed by atoms with van der Waals surface area (Å²) in [6.45, 7) is 5.71. The topological polar surface area (TPSA) is 89.3 Å². The van der Waals surface area contributed by atoms with Gasteiger partial charge in [0.2, 0.25) is 5.91 Å². The molecule has 6 heteroatoms. The van der Waals surface area contributed by atoms with Crippen LogP contribution in [0, 0.1) is 5.92 Å². The van der Waals surface area contributed by atoms with Gasteiger partial charge in [0, 0.05) is 12.2 Å². The molecular weight excluding hydrogens is 288 g/mol. The van der Waals surface area contributed by atoms with Crippen LogP contribution in [0.5, 0.6) is 0 Å². The predicted molar refractivity (Wildman–Crippen MR) is 85.7 cm³/mol. The van der Waals surface area contributed by atoms with Gasteiger partial charge >= 0.3 is 0 Å². The number of carbonyl (C=O) groups excluding carboxylic acids is 1. The molecule has 118 valence electrons. The molecule has 0 bridgehead atoms. The fraction of sp³-hybridized carbons (Fsp3) is 0.533. The van der Waals surface area contributed by atoms with E-state index in [0.29, 0.717) is 18.7 Å². The maximum absolute atomic E-state index is 12.1. The van der Waals surface area contributed by atoms with Crippen LogP contribution in [-0.4, -0.2) is 25.3 Å². The van der Waals surface area contributed by atoms with Gasteiger partial charge in [0.15, 0.2) is 9.84 Å². The summed E-state index contributed by atoms with van der Waals surface area (Å²) < 4.78 is 24.2. The van der Waals surface area contributed by atoms with Crippen molar-refractivity contribution in [2.24, 2.45) is 11.7 Å². The molecule has 0 aromatic heterocycles. The van der Waals surface area contributed by atoms with Gasteiger partial charge < -0.3 is 11.1 Å². The lowest BCUT2D eigenvalue weighted by Crippen LogP contribution is -2.34. The second kappa shape index (κ2) is 7.56. The van der Waals surface area contributed by atoms with Gasteiger partial charge in [-0.3, -0.25) is 4.79 Å². The van der Waals surface area contributed by atoms with E-state index in [0.717, 1.165) is 5.56 Å². The maximum Gasteiger partial charge on any atom is 0.242 e. The largest absolute Gasteiger partial charge is 0.326 e. The molecule has 1 rings (SSSR count). The average molecular weight is 312 g/mol. The molecule has 0 aliphatic carbocycles. The first-order valence-electron chi connectivity index (χ1n) is 7.07. The molecule has 0 aliphatic rings. The lowest BCUT2D eigenvalue weighted by Gasteiger charge is -2.14. The van der Waals surface area contributed by atoms with Crippen molar-refractivity contribution in [2.45, 2.75) is 39.0 Å². The van der Waals surface area contributed by atoms with Crippen LogP contribution in [0.4, 0.5) is 5.69 Å². The molecule has 1 aromatic rings. The van der Waals surface area contributed by atoms with Gasteiger partial charge in [-0.2, -0.15) is 0 Å². The summed E-state index contributed by atoms with van der Waals surface area (Å²) in [5.74, 6) is -0.188. The standard InChI is InChI=1S/C15H24N2O3S/c1-11(2)7-8-21(19,20)12(3)15(18)17-14-6-4-5-13(9-14)10-16/h4-6,9,11-12H,7-8,10,16H2,1-3H3,(H,17,18). The quantitative estimate of drug-likeness (QED) is 0.805. The predicted octanol–water partition coefficient (Wildman–Crippen LogP) is 1.93. The summed E-state index contributed by atoms with van der Waals surface area (Å²) in [7, 11) is -3.43. The van der Waals surface area contributed by atoms with Crippen molar-refractivity contribution in [2.75, 3.05) is 11.1 Å². The third kappa shape index (κ3) is 5.47. The Morgan fingerprint density at radius 2 is 1.95 bits per heavy atom. The number of amides is 1. The van der Waals surface area contributed by atoms with Crippen molar-refractivity contribution in [1.29, 1.82) is 0 Å². The molecule has 3 N–H and O–H groups in total. The Kier molecular flexibility index (Phi) is 6.36. The number of hydrogen-bond donors (Lipinski definition) is 2. The van der Waals surface area contributed by atoms with Crippen molar-refractivity contribution < 1.29 is 13.2 Å². The first kappa shape index (κ1) is 17.7. The summed E-state index contributed by atoms with van der Waals surface area (Å²) in [6.07, 6.45) is 0.558. The molecule has 0 heterocycles. The monoisotopic (exact) mass is 312 g/mol. The second-order valence-electron chi connectivity index (χ2n) is 5.59. The summed E-state index contributed by atoms with van der Waals surface area (Å²) in [4.78, 5) is 12.1. The number of anilines is 1. The van der Waals surface area contributed by atoms with E-state index in [9.17, 15) is 13.2 Å². The van der Waals surface area contributed by atoms with Crippen LogP contribution in [0.2, 0.25) is 0 Å². The minimum absolute atomic E-state index is 0.0299. The van der Waals surface area contributed by atoms with E-state index in [4.69, 9.17) is 5.73 Å². The van der Waals surface area contributed by atoms with E-state index >= 15 is 0 Å². The fourth-order valence-electron chi connectivity index (χ4n) is 1.76. The molecule has 0 aliphatic heterocycles. The first-order chi connectivity index (χ1) is 9.76. The summed E-state index contributed by atoms with van der Waals surface area (Å²) in [5, 5.41) is 1.58. The number of nitrogens with two attached hydrogens (primary N) is 1. The van der Waals surface area contributed by atoms with Crippen molar-refractivity contribution in [3.63, 3.8) is 0 Å². The van der Waals surface area contributed by atoms with E-state index in [1.54, 1.807) is 18.2 Å². The smallest absolute Gasteiger partial charge is 0.242 e. The normalized spacial score (nSPS) is 13.2. The van der Waals surface area contributed by atoms with Gasteiger partial charge in [-0.15, -0.1) is 0 Å². The maximum atomic E-state index is 12.1. The van der Waals surface area contributed by atoms with Gasteiger partial charge in [0.05, 0.1) is 5.75 Å². The zero-order valence-corrected chi connectivity index (χ0v) is 13.6. The zero-order chi connectivity index (χ0) is 16.0. The van der Waals surface area contributed by atoms with E-state index in [-0.39, 0.29) is 11.7 Å². The summed E-state index contributed by atoms with van der Waals surface area (Å²) >= 11 is 0. The van der Waals surface area contributed by atoms with Gasteiger partial charge in [-0.05, 0) is 37.0 Å². The zero-order valence-electron chi connectivity index (χ0n) is 12.8. The van der Waals surface area contributed by atoms with Crippen LogP contribution in [0.3, 0.4) is 0 Å². The molecule has 0 saturated carbocycles. The highest BCUT2D eigenvalue weighted by atomic mass is 32.2. The lowest BCUT2D eigenvalue weighted by molar-refractivity contribution is -0.115. The Balaban J connectivity index is 2.73. The molecule has 0 radical (unpaired) electrons. The number of benzene rings is 1. The number of rotatable bonds is 7. The molecule has 0 saturated heterocycles. The molecule has 1 aromatic carbocycles. The van der Waals surface area contributed by atoms with Crippen molar-refractivity contribution in [3.8, 4) is 0 Å². The van der Waals surface area contributed by atoms with Gasteiger partial charge in [-0.25, -0.2) is 8.42 Å². The molecular formula is C15H24N2O3S. The number of nitrogens with one attached hydrogen (secondary N) is 1. The summed E-state index contributed by atoms with van der Waals surface area (Å²) in [6, 6.07) is 7.07. The van der Waals surface area contributed by atoms with Crippen LogP contribution in [0.15, 0.2) is 24.3 Å². The van der Waals surface area contributed by atoms with Crippen LogP contribution >= 0.6 is 0 Å². The Morgan fingerprint density at radius 3 is 2.52 bits per heavy atom. The van der Waals surface area contributed by atoms with Gasteiger partial charge in [0.25, 0.3) is 0 Å². The van der Waals surface area contributed by atoms with E-state index in [1.807, 2.05) is 19.9 Å². The molecule has 5 nitrogen and oxygen atoms in total. The van der Waals surface area contributed by atoms with Crippen molar-refractivity contribution in [3.05, 3.63) is 29.8 Å². The van der Waals surface area contributed by atoms with E-state index < -0.39 is 21.0 Å². The molecule has 0 spiro atoms. The molecule has 21 heavy (non-hydrogen) atoms. The second-order valence-corrected chi connectivity index (χ2v) is 8.03. The third-order valence-corrected chi connectivity index (χ3v) is 5.41. The van der Waals surface area contributed by atoms with Crippen molar-refractivity contribution in [1.82, 2.24) is 0 Å². The van der Waals surface area contributed by atoms with E-state index in [1.165, 1.54) is 6.92 Å². The highest BCUT2D eigenvalue weighted by Gasteiger charge is 2.27. The Bertz CT molecular complexity index is 582. The van der Waals surface area contributed by atoms with Crippen LogP contribution in [0.1, 0.15) is 32.8 Å².